The maximum Gasteiger partial charge on any atom is 0.253 e. The van der Waals surface area contributed by atoms with Gasteiger partial charge in [0.1, 0.15) is 0 Å². The molecule has 0 radical (unpaired) electrons. The van der Waals surface area contributed by atoms with Crippen LogP contribution in [-0.4, -0.2) is 49.9 Å². The fraction of sp³-hybridized carbons (Fsp3) is 0.500. The Morgan fingerprint density at radius 1 is 1.26 bits per heavy atom. The van der Waals surface area contributed by atoms with Crippen molar-refractivity contribution in [1.82, 2.24) is 15.5 Å². The topological polar surface area (TPSA) is 61.4 Å². The molecule has 2 rings (SSSR count). The Labute approximate surface area is 148 Å². The third kappa shape index (κ3) is 5.68. The molecule has 1 aliphatic heterocycles. The molecule has 0 saturated carbocycles. The molecule has 128 valence electrons. The van der Waals surface area contributed by atoms with Crippen molar-refractivity contribution in [1.29, 1.82) is 0 Å². The fourth-order valence-corrected chi connectivity index (χ4v) is 2.73. The van der Waals surface area contributed by atoms with Gasteiger partial charge in [-0.2, -0.15) is 0 Å². The molecule has 1 atom stereocenters. The van der Waals surface area contributed by atoms with Crippen LogP contribution in [0.5, 0.6) is 0 Å². The summed E-state index contributed by atoms with van der Waals surface area (Å²) in [6.45, 7) is 2.53. The number of hydrogen-bond donors (Lipinski definition) is 2. The van der Waals surface area contributed by atoms with E-state index >= 15 is 0 Å². The lowest BCUT2D eigenvalue weighted by Gasteiger charge is -2.32. The Bertz CT molecular complexity index is 523. The second-order valence-corrected chi connectivity index (χ2v) is 5.93. The molecule has 0 aromatic heterocycles. The summed E-state index contributed by atoms with van der Waals surface area (Å²) in [6.07, 6.45) is 1.68. The van der Waals surface area contributed by atoms with Crippen LogP contribution in [0, 0.1) is 5.92 Å². The van der Waals surface area contributed by atoms with E-state index in [1.165, 1.54) is 0 Å². The molecule has 1 unspecified atom stereocenters. The number of nitrogens with one attached hydrogen (secondary N) is 2. The molecule has 0 spiro atoms. The van der Waals surface area contributed by atoms with Crippen molar-refractivity contribution in [3.8, 4) is 0 Å². The predicted molar refractivity (Wildman–Crippen MR) is 94.3 cm³/mol. The van der Waals surface area contributed by atoms with Crippen molar-refractivity contribution in [3.05, 3.63) is 34.9 Å². The summed E-state index contributed by atoms with van der Waals surface area (Å²) in [4.78, 5) is 26.4. The highest BCUT2D eigenvalue weighted by atomic mass is 35.5. The van der Waals surface area contributed by atoms with E-state index in [0.717, 1.165) is 19.4 Å². The second kappa shape index (κ2) is 9.75. The minimum Gasteiger partial charge on any atom is -0.355 e. The Morgan fingerprint density at radius 3 is 2.61 bits per heavy atom. The highest BCUT2D eigenvalue weighted by molar-refractivity contribution is 6.30. The number of rotatable bonds is 5. The minimum atomic E-state index is -0.123. The summed E-state index contributed by atoms with van der Waals surface area (Å²) in [5.41, 5.74) is 0.612. The van der Waals surface area contributed by atoms with Crippen LogP contribution in [-0.2, 0) is 4.79 Å². The summed E-state index contributed by atoms with van der Waals surface area (Å²) in [7, 11) is 1.85. The van der Waals surface area contributed by atoms with Gasteiger partial charge in [0.2, 0.25) is 5.91 Å². The van der Waals surface area contributed by atoms with Crippen LogP contribution in [0.15, 0.2) is 24.3 Å². The molecule has 0 aliphatic carbocycles. The first-order valence-corrected chi connectivity index (χ1v) is 7.96. The van der Waals surface area contributed by atoms with Crippen LogP contribution in [0.2, 0.25) is 5.02 Å². The van der Waals surface area contributed by atoms with Crippen molar-refractivity contribution in [3.63, 3.8) is 0 Å². The van der Waals surface area contributed by atoms with Gasteiger partial charge in [0, 0.05) is 36.8 Å². The molecule has 5 nitrogen and oxygen atoms in total. The van der Waals surface area contributed by atoms with Crippen molar-refractivity contribution >= 4 is 35.8 Å². The molecule has 0 bridgehead atoms. The Balaban J connectivity index is 0.00000264. The number of benzene rings is 1. The highest BCUT2D eigenvalue weighted by Crippen LogP contribution is 2.19. The monoisotopic (exact) mass is 359 g/mol. The van der Waals surface area contributed by atoms with Crippen LogP contribution >= 0.6 is 24.0 Å². The van der Waals surface area contributed by atoms with Gasteiger partial charge >= 0.3 is 0 Å². The van der Waals surface area contributed by atoms with E-state index in [0.29, 0.717) is 30.2 Å². The number of carbonyl (C=O) groups is 2. The summed E-state index contributed by atoms with van der Waals surface area (Å²) in [6, 6.07) is 6.86. The quantitative estimate of drug-likeness (QED) is 0.789. The minimum absolute atomic E-state index is 0. The van der Waals surface area contributed by atoms with Crippen molar-refractivity contribution < 1.29 is 9.59 Å². The number of likely N-dealkylation sites (N-methyl/N-ethyl adjacent to an activating group) is 1. The Morgan fingerprint density at radius 2 is 1.96 bits per heavy atom. The van der Waals surface area contributed by atoms with Crippen LogP contribution in [0.25, 0.3) is 0 Å². The van der Waals surface area contributed by atoms with Gasteiger partial charge in [-0.25, -0.2) is 0 Å². The zero-order chi connectivity index (χ0) is 15.9. The molecule has 1 heterocycles. The Hall–Kier alpha value is -1.30. The van der Waals surface area contributed by atoms with Gasteiger partial charge in [0.25, 0.3) is 5.91 Å². The highest BCUT2D eigenvalue weighted by Gasteiger charge is 2.28. The maximum atomic E-state index is 12.5. The largest absolute Gasteiger partial charge is 0.355 e. The van der Waals surface area contributed by atoms with Gasteiger partial charge in [-0.05, 0) is 44.2 Å². The van der Waals surface area contributed by atoms with E-state index in [1.807, 2.05) is 7.05 Å². The number of nitrogens with zero attached hydrogens (tertiary/aromatic N) is 1. The first-order chi connectivity index (χ1) is 10.6. The fourth-order valence-electron chi connectivity index (χ4n) is 2.61. The van der Waals surface area contributed by atoms with Crippen LogP contribution in [0.4, 0.5) is 0 Å². The summed E-state index contributed by atoms with van der Waals surface area (Å²) in [5.74, 6) is -0.130. The summed E-state index contributed by atoms with van der Waals surface area (Å²) in [5, 5.41) is 6.50. The van der Waals surface area contributed by atoms with E-state index in [4.69, 9.17) is 11.6 Å². The van der Waals surface area contributed by atoms with Gasteiger partial charge in [0.05, 0.1) is 5.92 Å². The molecule has 1 saturated heterocycles. The second-order valence-electron chi connectivity index (χ2n) is 5.49. The van der Waals surface area contributed by atoms with Gasteiger partial charge in [-0.1, -0.05) is 11.6 Å². The van der Waals surface area contributed by atoms with Gasteiger partial charge in [0.15, 0.2) is 0 Å². The number of amides is 2. The van der Waals surface area contributed by atoms with Crippen molar-refractivity contribution in [2.45, 2.75) is 12.8 Å². The average molecular weight is 360 g/mol. The average Bonchev–Trinajstić information content (AvgIpc) is 2.55. The molecule has 1 aliphatic rings. The standard InChI is InChI=1S/C16H22ClN3O2.ClH/c1-18-8-9-19-15(21)13-3-2-10-20(11-13)16(22)12-4-6-14(17)7-5-12;/h4-7,13,18H,2-3,8-11H2,1H3,(H,19,21);1H. The maximum absolute atomic E-state index is 12.5. The zero-order valence-corrected chi connectivity index (χ0v) is 14.8. The van der Waals surface area contributed by atoms with Crippen LogP contribution in [0.1, 0.15) is 23.2 Å². The molecule has 23 heavy (non-hydrogen) atoms. The lowest BCUT2D eigenvalue weighted by Crippen LogP contribution is -2.46. The predicted octanol–water partition coefficient (Wildman–Crippen LogP) is 1.95. The van der Waals surface area contributed by atoms with Gasteiger partial charge in [-0.3, -0.25) is 9.59 Å². The van der Waals surface area contributed by atoms with Gasteiger partial charge < -0.3 is 15.5 Å². The number of carbonyl (C=O) groups excluding carboxylic acids is 2. The lowest BCUT2D eigenvalue weighted by atomic mass is 9.96. The molecule has 1 aromatic rings. The lowest BCUT2D eigenvalue weighted by molar-refractivity contribution is -0.126. The molecule has 2 N–H and O–H groups in total. The summed E-state index contributed by atoms with van der Waals surface area (Å²) < 4.78 is 0. The molecule has 2 amide bonds. The third-order valence-corrected chi connectivity index (χ3v) is 4.10. The van der Waals surface area contributed by atoms with Crippen molar-refractivity contribution in [2.75, 3.05) is 33.2 Å². The van der Waals surface area contributed by atoms with E-state index in [1.54, 1.807) is 29.2 Å². The normalized spacial score (nSPS) is 17.3. The van der Waals surface area contributed by atoms with Crippen LogP contribution in [0.3, 0.4) is 0 Å². The van der Waals surface area contributed by atoms with Crippen molar-refractivity contribution in [2.24, 2.45) is 5.92 Å². The molecule has 1 fully saturated rings. The molecular formula is C16H23Cl2N3O2. The number of piperidine rings is 1. The number of halogens is 2. The van der Waals surface area contributed by atoms with Gasteiger partial charge in [-0.15, -0.1) is 12.4 Å². The first kappa shape index (κ1) is 19.7. The third-order valence-electron chi connectivity index (χ3n) is 3.84. The van der Waals surface area contributed by atoms with E-state index in [-0.39, 0.29) is 30.1 Å². The zero-order valence-electron chi connectivity index (χ0n) is 13.2. The number of likely N-dealkylation sites (tertiary alicyclic amines) is 1. The number of hydrogen-bond acceptors (Lipinski definition) is 3. The van der Waals surface area contributed by atoms with E-state index < -0.39 is 0 Å². The first-order valence-electron chi connectivity index (χ1n) is 7.59. The smallest absolute Gasteiger partial charge is 0.253 e. The van der Waals surface area contributed by atoms with Crippen LogP contribution < -0.4 is 10.6 Å². The van der Waals surface area contributed by atoms with E-state index in [9.17, 15) is 9.59 Å². The SMILES string of the molecule is CNCCNC(=O)C1CCCN(C(=O)c2ccc(Cl)cc2)C1.Cl. The molecule has 7 heteroatoms. The Kier molecular flexibility index (Phi) is 8.37. The van der Waals surface area contributed by atoms with E-state index in [2.05, 4.69) is 10.6 Å². The molecule has 1 aromatic carbocycles. The summed E-state index contributed by atoms with van der Waals surface area (Å²) >= 11 is 5.84. The molecular weight excluding hydrogens is 337 g/mol.